The van der Waals surface area contributed by atoms with Gasteiger partial charge in [-0.3, -0.25) is 10.1 Å². The van der Waals surface area contributed by atoms with Gasteiger partial charge in [0.2, 0.25) is 5.82 Å². The van der Waals surface area contributed by atoms with E-state index >= 15 is 0 Å². The van der Waals surface area contributed by atoms with Gasteiger partial charge < -0.3 is 10.4 Å². The number of nitro groups is 1. The smallest absolute Gasteiger partial charge is 0.354 e. The lowest BCUT2D eigenvalue weighted by atomic mass is 10.3. The lowest BCUT2D eigenvalue weighted by Crippen LogP contribution is -2.06. The van der Waals surface area contributed by atoms with E-state index in [1.165, 1.54) is 6.07 Å². The van der Waals surface area contributed by atoms with E-state index in [2.05, 4.69) is 26.2 Å². The zero-order chi connectivity index (χ0) is 15.6. The molecule has 0 amide bonds. The first-order chi connectivity index (χ1) is 9.88. The number of nitrogens with zero attached hydrogens (tertiary/aromatic N) is 2. The maximum Gasteiger partial charge on any atom is 0.354 e. The largest absolute Gasteiger partial charge is 0.477 e. The summed E-state index contributed by atoms with van der Waals surface area (Å²) in [5.41, 5.74) is -0.214. The summed E-state index contributed by atoms with van der Waals surface area (Å²) in [5, 5.41) is 23.0. The van der Waals surface area contributed by atoms with Crippen LogP contribution in [0.15, 0.2) is 34.8 Å². The summed E-state index contributed by atoms with van der Waals surface area (Å²) >= 11 is 9.12. The summed E-state index contributed by atoms with van der Waals surface area (Å²) in [6.45, 7) is 0. The normalized spacial score (nSPS) is 10.2. The van der Waals surface area contributed by atoms with Crippen molar-refractivity contribution < 1.29 is 14.8 Å². The molecule has 1 aromatic carbocycles. The van der Waals surface area contributed by atoms with Crippen LogP contribution in [0, 0.1) is 10.1 Å². The summed E-state index contributed by atoms with van der Waals surface area (Å²) in [5.74, 6) is -1.46. The van der Waals surface area contributed by atoms with Gasteiger partial charge in [0.25, 0.3) is 0 Å². The lowest BCUT2D eigenvalue weighted by Gasteiger charge is -2.09. The Morgan fingerprint density at radius 2 is 2.10 bits per heavy atom. The number of rotatable bonds is 4. The van der Waals surface area contributed by atoms with Crippen LogP contribution in [0.1, 0.15) is 10.5 Å². The van der Waals surface area contributed by atoms with Gasteiger partial charge in [-0.2, -0.15) is 0 Å². The van der Waals surface area contributed by atoms with Crippen LogP contribution in [0.5, 0.6) is 0 Å². The zero-order valence-corrected chi connectivity index (χ0v) is 12.6. The number of aromatic carboxylic acids is 1. The Hall–Kier alpha value is -2.19. The van der Waals surface area contributed by atoms with E-state index in [0.29, 0.717) is 15.2 Å². The Balaban J connectivity index is 2.50. The molecule has 2 aromatic rings. The molecular formula is C12H7BrClN3O4. The molecule has 7 nitrogen and oxygen atoms in total. The van der Waals surface area contributed by atoms with Gasteiger partial charge in [0.1, 0.15) is 0 Å². The van der Waals surface area contributed by atoms with E-state index in [9.17, 15) is 14.9 Å². The summed E-state index contributed by atoms with van der Waals surface area (Å²) < 4.78 is 0.601. The minimum Gasteiger partial charge on any atom is -0.477 e. The average molecular weight is 373 g/mol. The van der Waals surface area contributed by atoms with Crippen LogP contribution >= 0.6 is 27.5 Å². The molecule has 0 saturated carbocycles. The standard InChI is InChI=1S/C12H7BrClN3O4/c13-7-2-1-6(14)5-9(7)16-11-10(17(20)21)4-3-8(15-11)12(18)19/h1-5H,(H,15,16)(H,18,19). The number of pyridine rings is 1. The summed E-state index contributed by atoms with van der Waals surface area (Å²) in [7, 11) is 0. The number of carbonyl (C=O) groups is 1. The number of halogens is 2. The highest BCUT2D eigenvalue weighted by Gasteiger charge is 2.19. The van der Waals surface area contributed by atoms with Crippen LogP contribution in [-0.2, 0) is 0 Å². The van der Waals surface area contributed by atoms with E-state index in [4.69, 9.17) is 16.7 Å². The van der Waals surface area contributed by atoms with Crippen molar-refractivity contribution in [2.45, 2.75) is 0 Å². The fourth-order valence-electron chi connectivity index (χ4n) is 1.53. The summed E-state index contributed by atoms with van der Waals surface area (Å²) in [6, 6.07) is 6.96. The van der Waals surface area contributed by atoms with Crippen molar-refractivity contribution in [2.75, 3.05) is 5.32 Å². The molecule has 1 aromatic heterocycles. The SMILES string of the molecule is O=C(O)c1ccc([N+](=O)[O-])c(Nc2cc(Cl)ccc2Br)n1. The second-order valence-electron chi connectivity index (χ2n) is 3.88. The van der Waals surface area contributed by atoms with Crippen LogP contribution < -0.4 is 5.32 Å². The first kappa shape index (κ1) is 15.2. The van der Waals surface area contributed by atoms with Gasteiger partial charge in [0.05, 0.1) is 10.6 Å². The Labute approximate surface area is 131 Å². The third-order valence-electron chi connectivity index (χ3n) is 2.47. The third kappa shape index (κ3) is 3.47. The molecule has 0 bridgehead atoms. The zero-order valence-electron chi connectivity index (χ0n) is 10.2. The first-order valence-electron chi connectivity index (χ1n) is 5.49. The average Bonchev–Trinajstić information content (AvgIpc) is 2.42. The first-order valence-corrected chi connectivity index (χ1v) is 6.66. The minimum atomic E-state index is -1.28. The number of aromatic nitrogens is 1. The Morgan fingerprint density at radius 3 is 2.71 bits per heavy atom. The summed E-state index contributed by atoms with van der Waals surface area (Å²) in [6.07, 6.45) is 0. The molecule has 0 unspecified atom stereocenters. The fraction of sp³-hybridized carbons (Fsp3) is 0. The van der Waals surface area contributed by atoms with Crippen LogP contribution in [-0.4, -0.2) is 21.0 Å². The Morgan fingerprint density at radius 1 is 1.38 bits per heavy atom. The second kappa shape index (κ2) is 6.06. The molecule has 0 fully saturated rings. The Kier molecular flexibility index (Phi) is 4.39. The highest BCUT2D eigenvalue weighted by molar-refractivity contribution is 9.10. The number of nitrogens with one attached hydrogen (secondary N) is 1. The van der Waals surface area contributed by atoms with Gasteiger partial charge in [-0.1, -0.05) is 11.6 Å². The van der Waals surface area contributed by atoms with Crippen LogP contribution in [0.3, 0.4) is 0 Å². The van der Waals surface area contributed by atoms with Gasteiger partial charge in [-0.05, 0) is 40.2 Å². The van der Waals surface area contributed by atoms with E-state index in [1.54, 1.807) is 12.1 Å². The molecule has 0 atom stereocenters. The van der Waals surface area contributed by atoms with Crippen LogP contribution in [0.2, 0.25) is 5.02 Å². The quantitative estimate of drug-likeness (QED) is 0.624. The van der Waals surface area contributed by atoms with Gasteiger partial charge in [-0.15, -0.1) is 0 Å². The van der Waals surface area contributed by atoms with Gasteiger partial charge in [-0.25, -0.2) is 9.78 Å². The van der Waals surface area contributed by atoms with Crippen molar-refractivity contribution in [3.8, 4) is 0 Å². The Bertz CT molecular complexity index is 738. The molecule has 0 aliphatic carbocycles. The molecule has 0 radical (unpaired) electrons. The third-order valence-corrected chi connectivity index (χ3v) is 3.40. The van der Waals surface area contributed by atoms with Crippen molar-refractivity contribution in [3.05, 3.63) is 55.6 Å². The van der Waals surface area contributed by atoms with E-state index in [0.717, 1.165) is 12.1 Å². The molecule has 0 saturated heterocycles. The number of hydrogen-bond donors (Lipinski definition) is 2. The van der Waals surface area contributed by atoms with Crippen LogP contribution in [0.25, 0.3) is 0 Å². The number of carboxylic acids is 1. The van der Waals surface area contributed by atoms with Gasteiger partial charge >= 0.3 is 11.7 Å². The van der Waals surface area contributed by atoms with Crippen molar-refractivity contribution in [2.24, 2.45) is 0 Å². The molecule has 2 N–H and O–H groups in total. The summed E-state index contributed by atoms with van der Waals surface area (Å²) in [4.78, 5) is 25.0. The predicted octanol–water partition coefficient (Wildman–Crippen LogP) is 3.85. The van der Waals surface area contributed by atoms with Crippen molar-refractivity contribution in [3.63, 3.8) is 0 Å². The van der Waals surface area contributed by atoms with Crippen molar-refractivity contribution >= 4 is 50.7 Å². The maximum atomic E-state index is 11.0. The molecule has 0 aliphatic rings. The molecule has 0 aliphatic heterocycles. The van der Waals surface area contributed by atoms with E-state index in [1.807, 2.05) is 0 Å². The monoisotopic (exact) mass is 371 g/mol. The van der Waals surface area contributed by atoms with E-state index in [-0.39, 0.29) is 17.2 Å². The number of anilines is 2. The molecule has 108 valence electrons. The molecule has 2 rings (SSSR count). The number of carboxylic acid groups (broad SMARTS) is 1. The highest BCUT2D eigenvalue weighted by Crippen LogP contribution is 2.31. The highest BCUT2D eigenvalue weighted by atomic mass is 79.9. The molecule has 1 heterocycles. The predicted molar refractivity (Wildman–Crippen MR) is 80.3 cm³/mol. The van der Waals surface area contributed by atoms with Crippen molar-refractivity contribution in [1.82, 2.24) is 4.98 Å². The maximum absolute atomic E-state index is 11.0. The van der Waals surface area contributed by atoms with Gasteiger partial charge in [0.15, 0.2) is 5.69 Å². The van der Waals surface area contributed by atoms with Gasteiger partial charge in [0, 0.05) is 15.6 Å². The second-order valence-corrected chi connectivity index (χ2v) is 5.17. The minimum absolute atomic E-state index is 0.178. The number of hydrogen-bond acceptors (Lipinski definition) is 5. The topological polar surface area (TPSA) is 105 Å². The molecule has 21 heavy (non-hydrogen) atoms. The van der Waals surface area contributed by atoms with E-state index < -0.39 is 10.9 Å². The molecule has 9 heteroatoms. The fourth-order valence-corrected chi connectivity index (χ4v) is 2.05. The lowest BCUT2D eigenvalue weighted by molar-refractivity contribution is -0.384. The number of benzene rings is 1. The van der Waals surface area contributed by atoms with Crippen molar-refractivity contribution in [1.29, 1.82) is 0 Å². The molecular weight excluding hydrogens is 366 g/mol. The van der Waals surface area contributed by atoms with Crippen LogP contribution in [0.4, 0.5) is 17.2 Å². The molecule has 0 spiro atoms.